The average molecular weight is 256 g/mol. The molecule has 1 N–H and O–H groups in total. The van der Waals surface area contributed by atoms with Gasteiger partial charge >= 0.3 is 0 Å². The van der Waals surface area contributed by atoms with Crippen molar-refractivity contribution in [3.8, 4) is 0 Å². The molecule has 0 unspecified atom stereocenters. The van der Waals surface area contributed by atoms with Gasteiger partial charge in [-0.15, -0.1) is 0 Å². The molecule has 0 bridgehead atoms. The van der Waals surface area contributed by atoms with Crippen molar-refractivity contribution in [1.29, 1.82) is 0 Å². The number of benzene rings is 2. The van der Waals surface area contributed by atoms with Crippen molar-refractivity contribution < 1.29 is 9.50 Å². The van der Waals surface area contributed by atoms with Crippen molar-refractivity contribution in [2.24, 2.45) is 0 Å². The first-order chi connectivity index (χ1) is 9.26. The van der Waals surface area contributed by atoms with Crippen LogP contribution >= 0.6 is 0 Å². The normalized spacial score (nSPS) is 14.6. The maximum absolute atomic E-state index is 13.8. The first-order valence-corrected chi connectivity index (χ1v) is 6.73. The van der Waals surface area contributed by atoms with Crippen LogP contribution in [0.2, 0.25) is 0 Å². The lowest BCUT2D eigenvalue weighted by Crippen LogP contribution is -1.95. The summed E-state index contributed by atoms with van der Waals surface area (Å²) in [5.41, 5.74) is 3.82. The van der Waals surface area contributed by atoms with Crippen LogP contribution < -0.4 is 0 Å². The van der Waals surface area contributed by atoms with Crippen molar-refractivity contribution in [3.05, 3.63) is 70.5 Å². The molecule has 1 saturated carbocycles. The Morgan fingerprint density at radius 2 is 1.68 bits per heavy atom. The summed E-state index contributed by atoms with van der Waals surface area (Å²) in [5.74, 6) is 0.521. The number of aliphatic hydroxyl groups excluding tert-OH is 1. The maximum Gasteiger partial charge on any atom is 0.127 e. The second-order valence-corrected chi connectivity index (χ2v) is 5.28. The van der Waals surface area contributed by atoms with Crippen molar-refractivity contribution in [2.75, 3.05) is 0 Å². The summed E-state index contributed by atoms with van der Waals surface area (Å²) in [4.78, 5) is 0. The number of hydrogen-bond acceptors (Lipinski definition) is 1. The van der Waals surface area contributed by atoms with Crippen LogP contribution in [0, 0.1) is 5.82 Å². The minimum Gasteiger partial charge on any atom is -0.392 e. The smallest absolute Gasteiger partial charge is 0.127 e. The predicted molar refractivity (Wildman–Crippen MR) is 73.5 cm³/mol. The van der Waals surface area contributed by atoms with E-state index < -0.39 is 0 Å². The zero-order valence-electron chi connectivity index (χ0n) is 10.8. The van der Waals surface area contributed by atoms with Crippen LogP contribution in [0.1, 0.15) is 41.0 Å². The Hall–Kier alpha value is -1.67. The zero-order chi connectivity index (χ0) is 13.2. The lowest BCUT2D eigenvalue weighted by atomic mass is 10.0. The van der Waals surface area contributed by atoms with Crippen LogP contribution in [0.5, 0.6) is 0 Å². The summed E-state index contributed by atoms with van der Waals surface area (Å²) < 4.78 is 13.8. The monoisotopic (exact) mass is 256 g/mol. The molecule has 1 aliphatic rings. The fourth-order valence-electron chi connectivity index (χ4n) is 2.38. The molecule has 1 nitrogen and oxygen atoms in total. The average Bonchev–Trinajstić information content (AvgIpc) is 3.26. The standard InChI is InChI=1S/C17H17FO/c18-17-10-13(11-19)3-6-16(17)9-12-1-4-14(5-2-12)15-7-8-15/h1-6,10,15,19H,7-9,11H2. The molecule has 1 aliphatic carbocycles. The molecule has 0 spiro atoms. The molecule has 0 radical (unpaired) electrons. The van der Waals surface area contributed by atoms with Crippen molar-refractivity contribution >= 4 is 0 Å². The maximum atomic E-state index is 13.8. The van der Waals surface area contributed by atoms with Gasteiger partial charge in [-0.3, -0.25) is 0 Å². The molecular weight excluding hydrogens is 239 g/mol. The van der Waals surface area contributed by atoms with Gasteiger partial charge in [0.1, 0.15) is 5.82 Å². The Morgan fingerprint density at radius 1 is 1.00 bits per heavy atom. The van der Waals surface area contributed by atoms with E-state index >= 15 is 0 Å². The summed E-state index contributed by atoms with van der Waals surface area (Å²) in [7, 11) is 0. The minimum atomic E-state index is -0.238. The van der Waals surface area contributed by atoms with E-state index in [0.717, 1.165) is 11.5 Å². The minimum absolute atomic E-state index is 0.118. The molecule has 0 amide bonds. The Morgan fingerprint density at radius 3 is 2.26 bits per heavy atom. The molecule has 2 aromatic rings. The third kappa shape index (κ3) is 2.85. The lowest BCUT2D eigenvalue weighted by Gasteiger charge is -2.06. The highest BCUT2D eigenvalue weighted by Crippen LogP contribution is 2.39. The second-order valence-electron chi connectivity index (χ2n) is 5.28. The van der Waals surface area contributed by atoms with E-state index in [1.54, 1.807) is 12.1 Å². The van der Waals surface area contributed by atoms with Gasteiger partial charge in [-0.25, -0.2) is 4.39 Å². The molecular formula is C17H17FO. The van der Waals surface area contributed by atoms with Crippen LogP contribution in [0.3, 0.4) is 0 Å². The number of halogens is 1. The Kier molecular flexibility index (Phi) is 3.34. The van der Waals surface area contributed by atoms with Crippen LogP contribution in [-0.4, -0.2) is 5.11 Å². The van der Waals surface area contributed by atoms with Gasteiger partial charge in [-0.1, -0.05) is 36.4 Å². The van der Waals surface area contributed by atoms with Crippen LogP contribution in [0.25, 0.3) is 0 Å². The molecule has 19 heavy (non-hydrogen) atoms. The van der Waals surface area contributed by atoms with Gasteiger partial charge in [0, 0.05) is 6.42 Å². The fraction of sp³-hybridized carbons (Fsp3) is 0.294. The Bertz CT molecular complexity index is 570. The van der Waals surface area contributed by atoms with Gasteiger partial charge in [-0.05, 0) is 47.1 Å². The van der Waals surface area contributed by atoms with Crippen LogP contribution in [0.15, 0.2) is 42.5 Å². The highest BCUT2D eigenvalue weighted by atomic mass is 19.1. The summed E-state index contributed by atoms with van der Waals surface area (Å²) in [6.07, 6.45) is 3.20. The van der Waals surface area contributed by atoms with Gasteiger partial charge in [0.15, 0.2) is 0 Å². The van der Waals surface area contributed by atoms with E-state index in [4.69, 9.17) is 5.11 Å². The van der Waals surface area contributed by atoms with Gasteiger partial charge in [0.2, 0.25) is 0 Å². The molecule has 1 fully saturated rings. The highest BCUT2D eigenvalue weighted by molar-refractivity contribution is 5.33. The lowest BCUT2D eigenvalue weighted by molar-refractivity contribution is 0.281. The SMILES string of the molecule is OCc1ccc(Cc2ccc(C3CC3)cc2)c(F)c1. The summed E-state index contributed by atoms with van der Waals surface area (Å²) >= 11 is 0. The summed E-state index contributed by atoms with van der Waals surface area (Å²) in [5, 5.41) is 8.96. The number of hydrogen-bond donors (Lipinski definition) is 1. The van der Waals surface area contributed by atoms with E-state index in [9.17, 15) is 4.39 Å². The van der Waals surface area contributed by atoms with E-state index in [0.29, 0.717) is 17.5 Å². The predicted octanol–water partition coefficient (Wildman–Crippen LogP) is 3.79. The van der Waals surface area contributed by atoms with Crippen LogP contribution in [0.4, 0.5) is 4.39 Å². The molecule has 2 heteroatoms. The topological polar surface area (TPSA) is 20.2 Å². The summed E-state index contributed by atoms with van der Waals surface area (Å²) in [6, 6.07) is 13.4. The van der Waals surface area contributed by atoms with Gasteiger partial charge < -0.3 is 5.11 Å². The molecule has 0 saturated heterocycles. The molecule has 0 atom stereocenters. The molecule has 0 heterocycles. The van der Waals surface area contributed by atoms with Crippen molar-refractivity contribution in [2.45, 2.75) is 31.8 Å². The summed E-state index contributed by atoms with van der Waals surface area (Å²) in [6.45, 7) is -0.118. The van der Waals surface area contributed by atoms with Gasteiger partial charge in [0.25, 0.3) is 0 Å². The molecule has 3 rings (SSSR count). The third-order valence-corrected chi connectivity index (χ3v) is 3.72. The van der Waals surface area contributed by atoms with E-state index in [-0.39, 0.29) is 12.4 Å². The molecule has 0 aromatic heterocycles. The van der Waals surface area contributed by atoms with Gasteiger partial charge in [0.05, 0.1) is 6.61 Å². The Labute approximate surface area is 112 Å². The zero-order valence-corrected chi connectivity index (χ0v) is 10.8. The quantitative estimate of drug-likeness (QED) is 0.882. The molecule has 2 aromatic carbocycles. The molecule has 98 valence electrons. The van der Waals surface area contributed by atoms with Crippen molar-refractivity contribution in [1.82, 2.24) is 0 Å². The van der Waals surface area contributed by atoms with E-state index in [1.807, 2.05) is 0 Å². The second kappa shape index (κ2) is 5.14. The number of aliphatic hydroxyl groups is 1. The number of rotatable bonds is 4. The van der Waals surface area contributed by atoms with E-state index in [2.05, 4.69) is 24.3 Å². The van der Waals surface area contributed by atoms with Crippen molar-refractivity contribution in [3.63, 3.8) is 0 Å². The largest absolute Gasteiger partial charge is 0.392 e. The first kappa shape index (κ1) is 12.4. The molecule has 0 aliphatic heterocycles. The third-order valence-electron chi connectivity index (χ3n) is 3.72. The van der Waals surface area contributed by atoms with Gasteiger partial charge in [-0.2, -0.15) is 0 Å². The van der Waals surface area contributed by atoms with E-state index in [1.165, 1.54) is 24.5 Å². The fourth-order valence-corrected chi connectivity index (χ4v) is 2.38. The first-order valence-electron chi connectivity index (χ1n) is 6.73. The highest BCUT2D eigenvalue weighted by Gasteiger charge is 2.22. The van der Waals surface area contributed by atoms with Crippen LogP contribution in [-0.2, 0) is 13.0 Å². The Balaban J connectivity index is 1.76.